The van der Waals surface area contributed by atoms with E-state index in [1.165, 1.54) is 6.20 Å². The van der Waals surface area contributed by atoms with Crippen LogP contribution in [0.4, 0.5) is 0 Å². The fourth-order valence-electron chi connectivity index (χ4n) is 3.87. The fourth-order valence-corrected chi connectivity index (χ4v) is 4.97. The van der Waals surface area contributed by atoms with Crippen molar-refractivity contribution < 1.29 is 18.3 Å². The van der Waals surface area contributed by atoms with Crippen LogP contribution in [0.5, 0.6) is 0 Å². The maximum absolute atomic E-state index is 13.1. The van der Waals surface area contributed by atoms with Crippen LogP contribution in [0.25, 0.3) is 28.2 Å². The summed E-state index contributed by atoms with van der Waals surface area (Å²) in [4.78, 5) is 17.6. The van der Waals surface area contributed by atoms with Crippen molar-refractivity contribution in [2.75, 3.05) is 6.61 Å². The molecule has 7 nitrogen and oxygen atoms in total. The molecular formula is C27H25Cl2N3O4S. The summed E-state index contributed by atoms with van der Waals surface area (Å²) in [5, 5.41) is 13.0. The number of nitrogens with one attached hydrogen (secondary N) is 1. The summed E-state index contributed by atoms with van der Waals surface area (Å²) in [5.41, 5.74) is 2.37. The molecule has 4 aromatic rings. The number of hydrogen-bond donors (Lipinski definition) is 3. The highest BCUT2D eigenvalue weighted by Gasteiger charge is 2.25. The minimum Gasteiger partial charge on any atom is -0.394 e. The average Bonchev–Trinajstić information content (AvgIpc) is 3.29. The van der Waals surface area contributed by atoms with E-state index in [0.29, 0.717) is 26.9 Å². The Morgan fingerprint density at radius 3 is 2.30 bits per heavy atom. The van der Waals surface area contributed by atoms with Crippen molar-refractivity contribution in [3.8, 4) is 28.2 Å². The Balaban J connectivity index is 1.94. The van der Waals surface area contributed by atoms with Crippen molar-refractivity contribution in [2.24, 2.45) is 0 Å². The van der Waals surface area contributed by atoms with Gasteiger partial charge in [-0.25, -0.2) is 13.4 Å². The van der Waals surface area contributed by atoms with Gasteiger partial charge in [-0.1, -0.05) is 65.7 Å². The fraction of sp³-hybridized carbons (Fsp3) is 0.185. The van der Waals surface area contributed by atoms with Gasteiger partial charge in [0.25, 0.3) is 5.91 Å². The summed E-state index contributed by atoms with van der Waals surface area (Å²) in [5.74, 6) is -0.463. The number of rotatable bonds is 8. The zero-order valence-electron chi connectivity index (χ0n) is 20.1. The summed E-state index contributed by atoms with van der Waals surface area (Å²) in [6, 6.07) is 20.1. The Bertz CT molecular complexity index is 1500. The van der Waals surface area contributed by atoms with E-state index >= 15 is 0 Å². The zero-order chi connectivity index (χ0) is 26.7. The van der Waals surface area contributed by atoms with Gasteiger partial charge in [-0.05, 0) is 54.8 Å². The monoisotopic (exact) mass is 557 g/mol. The number of halogens is 2. The van der Waals surface area contributed by atoms with Gasteiger partial charge in [0, 0.05) is 6.20 Å². The zero-order valence-corrected chi connectivity index (χ0v) is 22.5. The molecule has 1 amide bonds. The van der Waals surface area contributed by atoms with Crippen LogP contribution in [0.2, 0.25) is 10.0 Å². The second-order valence-electron chi connectivity index (χ2n) is 9.11. The number of hydrogen-bond acceptors (Lipinski definition) is 5. The van der Waals surface area contributed by atoms with E-state index in [1.807, 2.05) is 42.5 Å². The molecule has 4 rings (SSSR count). The third kappa shape index (κ3) is 6.05. The van der Waals surface area contributed by atoms with Crippen molar-refractivity contribution in [3.63, 3.8) is 0 Å². The first-order valence-electron chi connectivity index (χ1n) is 11.4. The van der Waals surface area contributed by atoms with Gasteiger partial charge >= 0.3 is 0 Å². The number of carbonyl (C=O) groups is 1. The minimum atomic E-state index is -2.76. The first kappa shape index (κ1) is 26.9. The quantitative estimate of drug-likeness (QED) is 0.261. The van der Waals surface area contributed by atoms with Gasteiger partial charge in [-0.15, -0.1) is 0 Å². The Morgan fingerprint density at radius 2 is 1.68 bits per heavy atom. The molecule has 0 spiro atoms. The minimum absolute atomic E-state index is 0.0529. The molecule has 0 saturated carbocycles. The lowest BCUT2D eigenvalue weighted by Gasteiger charge is -2.22. The van der Waals surface area contributed by atoms with E-state index in [-0.39, 0.29) is 23.9 Å². The van der Waals surface area contributed by atoms with Crippen molar-refractivity contribution in [2.45, 2.75) is 25.1 Å². The largest absolute Gasteiger partial charge is 0.394 e. The number of nitrogens with zero attached hydrogens (tertiary/aromatic N) is 2. The molecule has 0 atom stereocenters. The first-order chi connectivity index (χ1) is 17.6. The van der Waals surface area contributed by atoms with Gasteiger partial charge in [0.2, 0.25) is 0 Å². The summed E-state index contributed by atoms with van der Waals surface area (Å²) in [6.45, 7) is 3.09. The lowest BCUT2D eigenvalue weighted by molar-refractivity contribution is 0.0864. The number of benzene rings is 3. The molecule has 1 aromatic heterocycles. The number of thiol groups is 1. The first-order valence-corrected chi connectivity index (χ1v) is 13.5. The summed E-state index contributed by atoms with van der Waals surface area (Å²) in [7, 11) is -2.76. The van der Waals surface area contributed by atoms with Gasteiger partial charge in [0.15, 0.2) is 0 Å². The van der Waals surface area contributed by atoms with E-state index < -0.39 is 22.2 Å². The van der Waals surface area contributed by atoms with Crippen molar-refractivity contribution in [1.82, 2.24) is 14.9 Å². The molecule has 0 aliphatic rings. The van der Waals surface area contributed by atoms with Crippen LogP contribution in [0.15, 0.2) is 72.9 Å². The molecule has 0 fully saturated rings. The molecule has 0 radical (unpaired) electrons. The highest BCUT2D eigenvalue weighted by molar-refractivity contribution is 7.71. The second-order valence-corrected chi connectivity index (χ2v) is 10.9. The van der Waals surface area contributed by atoms with Crippen molar-refractivity contribution in [3.05, 3.63) is 94.2 Å². The average molecular weight is 558 g/mol. The number of aromatic nitrogens is 2. The van der Waals surface area contributed by atoms with E-state index in [0.717, 1.165) is 11.1 Å². The third-order valence-corrected chi connectivity index (χ3v) is 6.95. The molecule has 37 heavy (non-hydrogen) atoms. The van der Waals surface area contributed by atoms with Gasteiger partial charge in [0.05, 0.1) is 39.2 Å². The highest BCUT2D eigenvalue weighted by Crippen LogP contribution is 2.36. The lowest BCUT2D eigenvalue weighted by Crippen LogP contribution is -2.46. The number of imidazole rings is 1. The molecule has 0 saturated heterocycles. The number of carbonyl (C=O) groups excluding carboxylic acids is 1. The Morgan fingerprint density at radius 1 is 1.00 bits per heavy atom. The lowest BCUT2D eigenvalue weighted by atomic mass is 10.0. The highest BCUT2D eigenvalue weighted by atomic mass is 35.5. The molecule has 0 bridgehead atoms. The van der Waals surface area contributed by atoms with Crippen LogP contribution < -0.4 is 5.32 Å². The molecule has 0 unspecified atom stereocenters. The normalized spacial score (nSPS) is 11.6. The van der Waals surface area contributed by atoms with Crippen LogP contribution in [0, 0.1) is 0 Å². The van der Waals surface area contributed by atoms with Crippen molar-refractivity contribution >= 4 is 39.8 Å². The van der Waals surface area contributed by atoms with Crippen LogP contribution >= 0.6 is 23.2 Å². The number of amides is 1. The van der Waals surface area contributed by atoms with E-state index in [9.17, 15) is 18.3 Å². The Hall–Kier alpha value is -3.17. The summed E-state index contributed by atoms with van der Waals surface area (Å²) < 4.78 is 25.3. The third-order valence-electron chi connectivity index (χ3n) is 5.72. The van der Waals surface area contributed by atoms with Crippen LogP contribution in [0.1, 0.15) is 29.9 Å². The standard InChI is InChI=1S/C27H25Cl2N3O4S/c1-27(2,16-33)31-26(34)22-14-32(25(30-22)24-20(28)9-6-10-21(24)29)23-12-11-18(13-19(23)15-37(35)36)17-7-4-3-5-8-17/h3-14,33,37H,15-16H2,1-2H3,(H,31,34). The SMILES string of the molecule is CC(C)(CO)NC(=O)c1cn(-c2ccc(-c3ccccc3)cc2C[SH](=O)=O)c(-c2c(Cl)cccc2Cl)n1. The Kier molecular flexibility index (Phi) is 8.04. The van der Waals surface area contributed by atoms with E-state index in [1.54, 1.807) is 42.7 Å². The second kappa shape index (κ2) is 11.1. The van der Waals surface area contributed by atoms with Crippen molar-refractivity contribution in [1.29, 1.82) is 0 Å². The molecule has 0 aliphatic carbocycles. The summed E-state index contributed by atoms with van der Waals surface area (Å²) >= 11 is 13.0. The smallest absolute Gasteiger partial charge is 0.271 e. The molecule has 0 aliphatic heterocycles. The molecule has 1 heterocycles. The van der Waals surface area contributed by atoms with Crippen LogP contribution in [-0.4, -0.2) is 41.1 Å². The molecule has 2 N–H and O–H groups in total. The van der Waals surface area contributed by atoms with Gasteiger partial charge < -0.3 is 10.4 Å². The molecular weight excluding hydrogens is 533 g/mol. The van der Waals surface area contributed by atoms with Crippen LogP contribution in [-0.2, 0) is 16.5 Å². The van der Waals surface area contributed by atoms with Gasteiger partial charge in [-0.2, -0.15) is 0 Å². The van der Waals surface area contributed by atoms with Gasteiger partial charge in [0.1, 0.15) is 22.2 Å². The maximum Gasteiger partial charge on any atom is 0.271 e. The van der Waals surface area contributed by atoms with Gasteiger partial charge in [-0.3, -0.25) is 9.36 Å². The predicted molar refractivity (Wildman–Crippen MR) is 147 cm³/mol. The Labute approximate surface area is 226 Å². The predicted octanol–water partition coefficient (Wildman–Crippen LogP) is 5.13. The maximum atomic E-state index is 13.1. The molecule has 192 valence electrons. The van der Waals surface area contributed by atoms with E-state index in [2.05, 4.69) is 10.3 Å². The number of aliphatic hydroxyl groups excluding tert-OH is 1. The number of aliphatic hydroxyl groups is 1. The van der Waals surface area contributed by atoms with E-state index in [4.69, 9.17) is 23.2 Å². The molecule has 3 aromatic carbocycles. The molecule has 10 heteroatoms. The summed E-state index contributed by atoms with van der Waals surface area (Å²) in [6.07, 6.45) is 1.51. The van der Waals surface area contributed by atoms with Crippen LogP contribution in [0.3, 0.4) is 0 Å². The topological polar surface area (TPSA) is 101 Å².